The van der Waals surface area contributed by atoms with Crippen molar-refractivity contribution in [3.8, 4) is 22.6 Å². The maximum atomic E-state index is 13.4. The van der Waals surface area contributed by atoms with Crippen molar-refractivity contribution in [3.05, 3.63) is 72.3 Å². The van der Waals surface area contributed by atoms with Crippen molar-refractivity contribution in [3.63, 3.8) is 0 Å². The number of ether oxygens (including phenoxy) is 1. The lowest BCUT2D eigenvalue weighted by atomic mass is 10.0. The van der Waals surface area contributed by atoms with Gasteiger partial charge in [0.25, 0.3) is 14.2 Å². The third-order valence-corrected chi connectivity index (χ3v) is 11.0. The molecule has 0 fully saturated rings. The van der Waals surface area contributed by atoms with E-state index in [0.29, 0.717) is 35.9 Å². The number of anilines is 2. The minimum atomic E-state index is -2.02. The highest BCUT2D eigenvalue weighted by atomic mass is 28.4. The van der Waals surface area contributed by atoms with Gasteiger partial charge in [0.1, 0.15) is 18.1 Å². The molecule has 0 saturated heterocycles. The molecule has 1 aliphatic heterocycles. The third-order valence-electron chi connectivity index (χ3n) is 6.61. The van der Waals surface area contributed by atoms with E-state index in [4.69, 9.17) is 14.9 Å². The second-order valence-corrected chi connectivity index (χ2v) is 14.7. The number of carbonyl (C=O) groups excluding carboxylic acids is 1. The molecule has 0 radical (unpaired) electrons. The van der Waals surface area contributed by atoms with E-state index in [1.807, 2.05) is 66.7 Å². The van der Waals surface area contributed by atoms with Crippen molar-refractivity contribution in [1.29, 1.82) is 0 Å². The fourth-order valence-corrected chi connectivity index (χ4v) is 4.64. The Balaban J connectivity index is 1.61. The SMILES string of the molecule is CC(C)(C)[Si](C)(C)Oc1ccc(N2CCOc3cc(-c4ccccc4)ccc3C2=O)cc1N. The van der Waals surface area contributed by atoms with Crippen LogP contribution >= 0.6 is 0 Å². The van der Waals surface area contributed by atoms with Gasteiger partial charge in [-0.2, -0.15) is 0 Å². The normalized spacial score (nSPS) is 14.3. The molecule has 0 bridgehead atoms. The summed E-state index contributed by atoms with van der Waals surface area (Å²) in [7, 11) is -2.02. The van der Waals surface area contributed by atoms with E-state index >= 15 is 0 Å². The van der Waals surface area contributed by atoms with Crippen LogP contribution in [-0.4, -0.2) is 27.4 Å². The molecular formula is C27H32N2O3Si. The minimum Gasteiger partial charge on any atom is -0.542 e. The predicted octanol–water partition coefficient (Wildman–Crippen LogP) is 6.36. The zero-order chi connectivity index (χ0) is 23.8. The highest BCUT2D eigenvalue weighted by molar-refractivity contribution is 6.74. The van der Waals surface area contributed by atoms with Crippen LogP contribution in [0.4, 0.5) is 11.4 Å². The van der Waals surface area contributed by atoms with Crippen LogP contribution in [0.1, 0.15) is 31.1 Å². The summed E-state index contributed by atoms with van der Waals surface area (Å²) >= 11 is 0. The molecule has 0 unspecified atom stereocenters. The molecule has 4 rings (SSSR count). The Bertz CT molecular complexity index is 1170. The molecule has 33 heavy (non-hydrogen) atoms. The molecule has 0 spiro atoms. The number of benzene rings is 3. The Labute approximate surface area is 197 Å². The topological polar surface area (TPSA) is 64.8 Å². The maximum Gasteiger partial charge on any atom is 0.262 e. The molecule has 0 saturated carbocycles. The molecule has 3 aromatic rings. The predicted molar refractivity (Wildman–Crippen MR) is 138 cm³/mol. The number of amides is 1. The van der Waals surface area contributed by atoms with Crippen LogP contribution in [0.5, 0.6) is 11.5 Å². The number of rotatable bonds is 4. The van der Waals surface area contributed by atoms with Crippen molar-refractivity contribution >= 4 is 25.6 Å². The van der Waals surface area contributed by atoms with Crippen molar-refractivity contribution in [1.82, 2.24) is 0 Å². The average Bonchev–Trinajstić information content (AvgIpc) is 2.93. The molecule has 0 aromatic heterocycles. The third kappa shape index (κ3) is 4.62. The van der Waals surface area contributed by atoms with E-state index in [2.05, 4.69) is 33.9 Å². The Morgan fingerprint density at radius 1 is 0.970 bits per heavy atom. The van der Waals surface area contributed by atoms with Crippen LogP contribution in [-0.2, 0) is 0 Å². The van der Waals surface area contributed by atoms with E-state index in [1.165, 1.54) is 0 Å². The Hall–Kier alpha value is -3.25. The van der Waals surface area contributed by atoms with Crippen LogP contribution in [0.25, 0.3) is 11.1 Å². The zero-order valence-electron chi connectivity index (χ0n) is 20.0. The molecule has 1 aliphatic rings. The maximum absolute atomic E-state index is 13.4. The molecule has 0 aliphatic carbocycles. The minimum absolute atomic E-state index is 0.0680. The number of nitrogens with two attached hydrogens (primary N) is 1. The highest BCUT2D eigenvalue weighted by Crippen LogP contribution is 2.40. The lowest BCUT2D eigenvalue weighted by Crippen LogP contribution is -2.44. The van der Waals surface area contributed by atoms with Gasteiger partial charge in [-0.1, -0.05) is 57.2 Å². The van der Waals surface area contributed by atoms with Gasteiger partial charge in [0, 0.05) is 5.69 Å². The number of fused-ring (bicyclic) bond motifs is 1. The Kier molecular flexibility index (Phi) is 5.97. The van der Waals surface area contributed by atoms with Gasteiger partial charge in [0.15, 0.2) is 0 Å². The smallest absolute Gasteiger partial charge is 0.262 e. The van der Waals surface area contributed by atoms with Gasteiger partial charge < -0.3 is 19.8 Å². The number of nitrogens with zero attached hydrogens (tertiary/aromatic N) is 1. The van der Waals surface area contributed by atoms with Crippen LogP contribution in [0.3, 0.4) is 0 Å². The first-order chi connectivity index (χ1) is 15.6. The van der Waals surface area contributed by atoms with Crippen molar-refractivity contribution in [2.24, 2.45) is 0 Å². The molecule has 6 heteroatoms. The number of carbonyl (C=O) groups is 1. The van der Waals surface area contributed by atoms with Gasteiger partial charge in [0.05, 0.1) is 17.8 Å². The van der Waals surface area contributed by atoms with Gasteiger partial charge in [-0.15, -0.1) is 0 Å². The van der Waals surface area contributed by atoms with Crippen LogP contribution in [0, 0.1) is 0 Å². The standard InChI is InChI=1S/C27H32N2O3Si/c1-27(2,3)33(4,5)32-24-14-12-21(18-23(24)28)29-15-16-31-25-17-20(11-13-22(25)26(29)30)19-9-7-6-8-10-19/h6-14,17-18H,15-16,28H2,1-5H3. The van der Waals surface area contributed by atoms with Crippen LogP contribution < -0.4 is 19.8 Å². The largest absolute Gasteiger partial charge is 0.542 e. The monoisotopic (exact) mass is 460 g/mol. The first kappa shape index (κ1) is 22.9. The summed E-state index contributed by atoms with van der Waals surface area (Å²) in [6, 6.07) is 21.4. The highest BCUT2D eigenvalue weighted by Gasteiger charge is 2.39. The first-order valence-electron chi connectivity index (χ1n) is 11.3. The summed E-state index contributed by atoms with van der Waals surface area (Å²) in [6.45, 7) is 11.8. The van der Waals surface area contributed by atoms with Gasteiger partial charge >= 0.3 is 0 Å². The molecule has 5 nitrogen and oxygen atoms in total. The fraction of sp³-hybridized carbons (Fsp3) is 0.296. The quantitative estimate of drug-likeness (QED) is 0.363. The van der Waals surface area contributed by atoms with E-state index in [9.17, 15) is 4.79 Å². The number of hydrogen-bond acceptors (Lipinski definition) is 4. The molecule has 3 aromatic carbocycles. The Morgan fingerprint density at radius 3 is 2.36 bits per heavy atom. The molecular weight excluding hydrogens is 428 g/mol. The molecule has 1 amide bonds. The lowest BCUT2D eigenvalue weighted by molar-refractivity contribution is 0.0990. The zero-order valence-corrected chi connectivity index (χ0v) is 21.0. The van der Waals surface area contributed by atoms with Crippen LogP contribution in [0.15, 0.2) is 66.7 Å². The Morgan fingerprint density at radius 2 is 1.70 bits per heavy atom. The molecule has 172 valence electrons. The summed E-state index contributed by atoms with van der Waals surface area (Å²) < 4.78 is 12.4. The van der Waals surface area contributed by atoms with Gasteiger partial charge in [0.2, 0.25) is 0 Å². The van der Waals surface area contributed by atoms with E-state index in [-0.39, 0.29) is 10.9 Å². The van der Waals surface area contributed by atoms with Crippen molar-refractivity contribution in [2.75, 3.05) is 23.8 Å². The summed E-state index contributed by atoms with van der Waals surface area (Å²) in [4.78, 5) is 15.1. The van der Waals surface area contributed by atoms with Gasteiger partial charge in [-0.05, 0) is 59.6 Å². The van der Waals surface area contributed by atoms with Gasteiger partial charge in [-0.3, -0.25) is 4.79 Å². The average molecular weight is 461 g/mol. The summed E-state index contributed by atoms with van der Waals surface area (Å²) in [6.07, 6.45) is 0. The summed E-state index contributed by atoms with van der Waals surface area (Å²) in [5.41, 5.74) is 10.3. The second kappa shape index (κ2) is 8.59. The van der Waals surface area contributed by atoms with Crippen molar-refractivity contribution in [2.45, 2.75) is 38.9 Å². The second-order valence-electron chi connectivity index (χ2n) is 9.97. The van der Waals surface area contributed by atoms with Crippen LogP contribution in [0.2, 0.25) is 18.1 Å². The summed E-state index contributed by atoms with van der Waals surface area (Å²) in [5.74, 6) is 1.19. The van der Waals surface area contributed by atoms with Gasteiger partial charge in [-0.25, -0.2) is 0 Å². The first-order valence-corrected chi connectivity index (χ1v) is 14.2. The summed E-state index contributed by atoms with van der Waals surface area (Å²) in [5, 5.41) is 0.0680. The number of nitrogen functional groups attached to an aromatic ring is 1. The molecule has 2 N–H and O–H groups in total. The molecule has 0 atom stereocenters. The fourth-order valence-electron chi connectivity index (χ4n) is 3.59. The van der Waals surface area contributed by atoms with E-state index < -0.39 is 8.32 Å². The molecule has 1 heterocycles. The number of hydrogen-bond donors (Lipinski definition) is 1. The van der Waals surface area contributed by atoms with Crippen molar-refractivity contribution < 1.29 is 14.0 Å². The lowest BCUT2D eigenvalue weighted by Gasteiger charge is -2.37. The van der Waals surface area contributed by atoms with E-state index in [0.717, 1.165) is 16.8 Å². The van der Waals surface area contributed by atoms with E-state index in [1.54, 1.807) is 4.90 Å².